The minimum atomic E-state index is -4.57. The summed E-state index contributed by atoms with van der Waals surface area (Å²) in [6.45, 7) is 1.55. The fraction of sp³-hybridized carbons (Fsp3) is 0.214. The number of halogens is 3. The number of alkyl halides is 3. The molecule has 0 aliphatic carbocycles. The Morgan fingerprint density at radius 1 is 1.15 bits per heavy atom. The topological polar surface area (TPSA) is 48.0 Å². The number of hydrogen-bond donors (Lipinski definition) is 1. The van der Waals surface area contributed by atoms with Crippen molar-refractivity contribution in [1.29, 1.82) is 0 Å². The van der Waals surface area contributed by atoms with Crippen LogP contribution in [0.5, 0.6) is 0 Å². The van der Waals surface area contributed by atoms with Crippen molar-refractivity contribution in [3.05, 3.63) is 63.6 Å². The van der Waals surface area contributed by atoms with Gasteiger partial charge < -0.3 is 5.73 Å². The average Bonchev–Trinajstić information content (AvgIpc) is 2.36. The monoisotopic (exact) mass is 282 g/mol. The second kappa shape index (κ2) is 5.03. The SMILES string of the molecule is Cc1c(N)cccc1Cn1c(C(F)(F)F)cccc1=O. The molecule has 0 aliphatic rings. The van der Waals surface area contributed by atoms with Gasteiger partial charge in [0.25, 0.3) is 5.56 Å². The minimum absolute atomic E-state index is 0.161. The third-order valence-electron chi connectivity index (χ3n) is 3.16. The number of nitrogens with two attached hydrogens (primary N) is 1. The molecule has 1 heterocycles. The molecule has 0 aliphatic heterocycles. The maximum absolute atomic E-state index is 12.9. The van der Waals surface area contributed by atoms with Gasteiger partial charge in [0.1, 0.15) is 5.69 Å². The van der Waals surface area contributed by atoms with Crippen molar-refractivity contribution in [2.75, 3.05) is 5.73 Å². The number of nitrogen functional groups attached to an aromatic ring is 1. The lowest BCUT2D eigenvalue weighted by molar-refractivity contribution is -0.144. The fourth-order valence-electron chi connectivity index (χ4n) is 1.98. The lowest BCUT2D eigenvalue weighted by Crippen LogP contribution is -2.27. The average molecular weight is 282 g/mol. The van der Waals surface area contributed by atoms with Gasteiger partial charge in [-0.25, -0.2) is 0 Å². The molecular formula is C14H13F3N2O. The number of pyridine rings is 1. The molecule has 0 radical (unpaired) electrons. The number of anilines is 1. The molecule has 2 aromatic rings. The molecule has 0 atom stereocenters. The van der Waals surface area contributed by atoms with E-state index < -0.39 is 17.4 Å². The summed E-state index contributed by atoms with van der Waals surface area (Å²) in [4.78, 5) is 11.7. The van der Waals surface area contributed by atoms with Gasteiger partial charge in [-0.15, -0.1) is 0 Å². The quantitative estimate of drug-likeness (QED) is 0.861. The molecular weight excluding hydrogens is 269 g/mol. The van der Waals surface area contributed by atoms with Crippen LogP contribution in [0.2, 0.25) is 0 Å². The molecule has 0 saturated carbocycles. The van der Waals surface area contributed by atoms with Gasteiger partial charge in [-0.3, -0.25) is 9.36 Å². The molecule has 0 unspecified atom stereocenters. The molecule has 0 saturated heterocycles. The van der Waals surface area contributed by atoms with E-state index in [9.17, 15) is 18.0 Å². The van der Waals surface area contributed by atoms with Crippen LogP contribution >= 0.6 is 0 Å². The first kappa shape index (κ1) is 14.2. The van der Waals surface area contributed by atoms with Gasteiger partial charge in [-0.05, 0) is 30.2 Å². The number of benzene rings is 1. The van der Waals surface area contributed by atoms with Crippen molar-refractivity contribution < 1.29 is 13.2 Å². The van der Waals surface area contributed by atoms with E-state index in [1.54, 1.807) is 25.1 Å². The van der Waals surface area contributed by atoms with Crippen molar-refractivity contribution in [3.63, 3.8) is 0 Å². The second-order valence-corrected chi connectivity index (χ2v) is 4.46. The highest BCUT2D eigenvalue weighted by atomic mass is 19.4. The second-order valence-electron chi connectivity index (χ2n) is 4.46. The van der Waals surface area contributed by atoms with Crippen molar-refractivity contribution in [1.82, 2.24) is 4.57 Å². The van der Waals surface area contributed by atoms with Gasteiger partial charge in [0.2, 0.25) is 0 Å². The van der Waals surface area contributed by atoms with Gasteiger partial charge in [-0.1, -0.05) is 18.2 Å². The highest BCUT2D eigenvalue weighted by Gasteiger charge is 2.34. The highest BCUT2D eigenvalue weighted by molar-refractivity contribution is 5.50. The van der Waals surface area contributed by atoms with Crippen molar-refractivity contribution in [2.24, 2.45) is 0 Å². The Bertz CT molecular complexity index is 690. The largest absolute Gasteiger partial charge is 0.431 e. The van der Waals surface area contributed by atoms with Crippen molar-refractivity contribution >= 4 is 5.69 Å². The molecule has 3 nitrogen and oxygen atoms in total. The number of rotatable bonds is 2. The van der Waals surface area contributed by atoms with E-state index in [0.29, 0.717) is 21.4 Å². The van der Waals surface area contributed by atoms with Crippen LogP contribution in [0.25, 0.3) is 0 Å². The van der Waals surface area contributed by atoms with Crippen LogP contribution in [0.15, 0.2) is 41.2 Å². The summed E-state index contributed by atoms with van der Waals surface area (Å²) >= 11 is 0. The van der Waals surface area contributed by atoms with Crippen LogP contribution in [0, 0.1) is 6.92 Å². The summed E-state index contributed by atoms with van der Waals surface area (Å²) < 4.78 is 39.5. The molecule has 2 N–H and O–H groups in total. The van der Waals surface area contributed by atoms with Crippen LogP contribution in [-0.2, 0) is 12.7 Å². The first-order valence-electron chi connectivity index (χ1n) is 5.91. The van der Waals surface area contributed by atoms with Crippen LogP contribution in [0.1, 0.15) is 16.8 Å². The van der Waals surface area contributed by atoms with E-state index >= 15 is 0 Å². The zero-order valence-corrected chi connectivity index (χ0v) is 10.7. The third kappa shape index (κ3) is 2.68. The van der Waals surface area contributed by atoms with Gasteiger partial charge in [-0.2, -0.15) is 13.2 Å². The Hall–Kier alpha value is -2.24. The predicted molar refractivity (Wildman–Crippen MR) is 70.4 cm³/mol. The minimum Gasteiger partial charge on any atom is -0.399 e. The molecule has 1 aromatic carbocycles. The van der Waals surface area contributed by atoms with E-state index in [1.807, 2.05) is 0 Å². The van der Waals surface area contributed by atoms with E-state index in [2.05, 4.69) is 0 Å². The van der Waals surface area contributed by atoms with Crippen molar-refractivity contribution in [3.8, 4) is 0 Å². The fourth-order valence-corrected chi connectivity index (χ4v) is 1.98. The number of nitrogens with zero attached hydrogens (tertiary/aromatic N) is 1. The van der Waals surface area contributed by atoms with Crippen LogP contribution in [-0.4, -0.2) is 4.57 Å². The van der Waals surface area contributed by atoms with E-state index in [0.717, 1.165) is 18.2 Å². The van der Waals surface area contributed by atoms with Crippen LogP contribution in [0.4, 0.5) is 18.9 Å². The smallest absolute Gasteiger partial charge is 0.399 e. The lowest BCUT2D eigenvalue weighted by Gasteiger charge is -2.16. The first-order valence-corrected chi connectivity index (χ1v) is 5.91. The molecule has 0 fully saturated rings. The third-order valence-corrected chi connectivity index (χ3v) is 3.16. The Morgan fingerprint density at radius 2 is 1.80 bits per heavy atom. The normalized spacial score (nSPS) is 11.6. The van der Waals surface area contributed by atoms with Crippen LogP contribution < -0.4 is 11.3 Å². The molecule has 1 aromatic heterocycles. The number of hydrogen-bond acceptors (Lipinski definition) is 2. The zero-order valence-electron chi connectivity index (χ0n) is 10.7. The van der Waals surface area contributed by atoms with E-state index in [4.69, 9.17) is 5.73 Å². The molecule has 106 valence electrons. The van der Waals surface area contributed by atoms with Gasteiger partial charge >= 0.3 is 6.18 Å². The van der Waals surface area contributed by atoms with Crippen molar-refractivity contribution in [2.45, 2.75) is 19.6 Å². The Kier molecular flexibility index (Phi) is 3.57. The first-order chi connectivity index (χ1) is 9.30. The summed E-state index contributed by atoms with van der Waals surface area (Å²) in [6.07, 6.45) is -4.57. The van der Waals surface area contributed by atoms with Gasteiger partial charge in [0.15, 0.2) is 0 Å². The molecule has 0 spiro atoms. The molecule has 0 amide bonds. The predicted octanol–water partition coefficient (Wildman–Crippen LogP) is 2.81. The summed E-state index contributed by atoms with van der Waals surface area (Å²) in [7, 11) is 0. The van der Waals surface area contributed by atoms with E-state index in [-0.39, 0.29) is 6.54 Å². The van der Waals surface area contributed by atoms with E-state index in [1.165, 1.54) is 0 Å². The standard InChI is InChI=1S/C14H13F3N2O/c1-9-10(4-2-5-11(9)18)8-19-12(14(15,16)17)6-3-7-13(19)20/h2-7H,8,18H2,1H3. The molecule has 2 rings (SSSR count). The van der Waals surface area contributed by atoms with Gasteiger partial charge in [0, 0.05) is 11.8 Å². The maximum Gasteiger partial charge on any atom is 0.431 e. The summed E-state index contributed by atoms with van der Waals surface area (Å²) in [5.74, 6) is 0. The summed E-state index contributed by atoms with van der Waals surface area (Å²) in [6, 6.07) is 8.08. The molecule has 20 heavy (non-hydrogen) atoms. The number of aromatic nitrogens is 1. The van der Waals surface area contributed by atoms with Gasteiger partial charge in [0.05, 0.1) is 6.54 Å². The lowest BCUT2D eigenvalue weighted by atomic mass is 10.1. The molecule has 6 heteroatoms. The Balaban J connectivity index is 2.54. The maximum atomic E-state index is 12.9. The zero-order chi connectivity index (χ0) is 14.9. The Morgan fingerprint density at radius 3 is 2.45 bits per heavy atom. The highest BCUT2D eigenvalue weighted by Crippen LogP contribution is 2.29. The summed E-state index contributed by atoms with van der Waals surface area (Å²) in [5, 5.41) is 0. The molecule has 0 bridgehead atoms. The Labute approximate surface area is 113 Å². The summed E-state index contributed by atoms with van der Waals surface area (Å²) in [5.41, 5.74) is 5.82. The van der Waals surface area contributed by atoms with Crippen LogP contribution in [0.3, 0.4) is 0 Å².